The molecule has 0 saturated heterocycles. The molecule has 0 aliphatic rings. The van der Waals surface area contributed by atoms with Gasteiger partial charge in [0, 0.05) is 5.56 Å². The molecule has 0 aliphatic carbocycles. The quantitative estimate of drug-likeness (QED) is 0.128. The fourth-order valence-electron chi connectivity index (χ4n) is 4.71. The summed E-state index contributed by atoms with van der Waals surface area (Å²) in [7, 11) is -3.21. The van der Waals surface area contributed by atoms with Gasteiger partial charge in [-0.25, -0.2) is 0 Å². The number of benzene rings is 3. The molecule has 0 radical (unpaired) electrons. The fraction of sp³-hybridized carbons (Fsp3) is 0.535. The molecule has 0 aromatic heterocycles. The molecular weight excluding hydrogens is 697 g/mol. The Morgan fingerprint density at radius 2 is 1.06 bits per heavy atom. The minimum atomic E-state index is -2.39. The van der Waals surface area contributed by atoms with Crippen molar-refractivity contribution in [3.05, 3.63) is 60.2 Å². The Labute approximate surface area is 319 Å². The molecule has 52 heavy (non-hydrogen) atoms. The molecule has 0 saturated carbocycles. The average Bonchev–Trinajstić information content (AvgIpc) is 2.99. The Morgan fingerprint density at radius 3 is 1.54 bits per heavy atom. The summed E-state index contributed by atoms with van der Waals surface area (Å²) >= 11 is 0. The largest absolute Gasteiger partial charge is 0.544 e. The monoisotopic (exact) mass is 764 g/mol. The van der Waals surface area contributed by atoms with Crippen LogP contribution in [0, 0.1) is 0 Å². The van der Waals surface area contributed by atoms with Gasteiger partial charge < -0.3 is 27.5 Å². The predicted molar refractivity (Wildman–Crippen MR) is 229 cm³/mol. The number of allylic oxidation sites excluding steroid dienone is 1. The Balaban J connectivity index is 2.36. The molecular formula is C43H68O6Si3. The molecule has 0 N–H and O–H groups in total. The molecule has 3 aromatic rings. The van der Waals surface area contributed by atoms with Gasteiger partial charge in [0.05, 0.1) is 19.8 Å². The summed E-state index contributed by atoms with van der Waals surface area (Å²) in [5.41, 5.74) is 4.79. The van der Waals surface area contributed by atoms with Crippen LogP contribution in [-0.2, 0) is 0 Å². The Morgan fingerprint density at radius 1 is 0.558 bits per heavy atom. The van der Waals surface area contributed by atoms with Crippen molar-refractivity contribution >= 4 is 25.0 Å². The number of hydrogen-bond acceptors (Lipinski definition) is 6. The van der Waals surface area contributed by atoms with Crippen molar-refractivity contribution in [1.82, 2.24) is 0 Å². The molecule has 0 bridgehead atoms. The maximum absolute atomic E-state index is 7.27. The summed E-state index contributed by atoms with van der Waals surface area (Å²) in [6, 6.07) is 16.5. The van der Waals surface area contributed by atoms with Crippen molar-refractivity contribution in [3.8, 4) is 56.8 Å². The van der Waals surface area contributed by atoms with Gasteiger partial charge in [-0.3, -0.25) is 0 Å². The third-order valence-electron chi connectivity index (χ3n) is 11.3. The molecule has 0 spiro atoms. The van der Waals surface area contributed by atoms with Crippen LogP contribution in [0.4, 0.5) is 0 Å². The van der Waals surface area contributed by atoms with Crippen molar-refractivity contribution in [2.24, 2.45) is 0 Å². The highest BCUT2D eigenvalue weighted by atomic mass is 28.4. The second-order valence-electron chi connectivity index (χ2n) is 18.7. The van der Waals surface area contributed by atoms with E-state index in [1.807, 2.05) is 6.07 Å². The van der Waals surface area contributed by atoms with Crippen LogP contribution in [0.2, 0.25) is 54.4 Å². The lowest BCUT2D eigenvalue weighted by atomic mass is 9.96. The first kappa shape index (κ1) is 43.3. The highest BCUT2D eigenvalue weighted by Gasteiger charge is 2.42. The second-order valence-corrected chi connectivity index (χ2v) is 32.9. The van der Waals surface area contributed by atoms with E-state index in [-0.39, 0.29) is 15.1 Å². The molecule has 0 aliphatic heterocycles. The lowest BCUT2D eigenvalue weighted by molar-refractivity contribution is 0.344. The van der Waals surface area contributed by atoms with Crippen LogP contribution in [0.25, 0.3) is 22.3 Å². The van der Waals surface area contributed by atoms with Crippen LogP contribution in [0.15, 0.2) is 60.2 Å². The van der Waals surface area contributed by atoms with Gasteiger partial charge in [-0.1, -0.05) is 86.1 Å². The van der Waals surface area contributed by atoms with Crippen LogP contribution >= 0.6 is 0 Å². The van der Waals surface area contributed by atoms with E-state index in [1.165, 1.54) is 5.57 Å². The van der Waals surface area contributed by atoms with Crippen molar-refractivity contribution < 1.29 is 27.5 Å². The first-order chi connectivity index (χ1) is 23.7. The molecule has 0 unspecified atom stereocenters. The molecule has 3 aromatic carbocycles. The maximum atomic E-state index is 7.27. The summed E-state index contributed by atoms with van der Waals surface area (Å²) < 4.78 is 39.7. The van der Waals surface area contributed by atoms with E-state index in [1.54, 1.807) is 14.2 Å². The molecule has 3 rings (SSSR count). The lowest BCUT2D eigenvalue weighted by Gasteiger charge is -2.38. The topological polar surface area (TPSA) is 55.4 Å². The van der Waals surface area contributed by atoms with Crippen molar-refractivity contribution in [2.75, 3.05) is 20.8 Å². The first-order valence-corrected chi connectivity index (χ1v) is 27.3. The second kappa shape index (κ2) is 15.7. The van der Waals surface area contributed by atoms with Crippen LogP contribution < -0.4 is 27.5 Å². The van der Waals surface area contributed by atoms with Gasteiger partial charge in [0.2, 0.25) is 8.32 Å². The number of methoxy groups -OCH3 is 2. The Hall–Kier alpha value is -3.15. The van der Waals surface area contributed by atoms with Gasteiger partial charge in [0.15, 0.2) is 17.2 Å². The summed E-state index contributed by atoms with van der Waals surface area (Å²) in [6.45, 7) is 38.4. The van der Waals surface area contributed by atoms with Gasteiger partial charge in [-0.05, 0) is 116 Å². The molecule has 6 nitrogen and oxygen atoms in total. The van der Waals surface area contributed by atoms with Crippen LogP contribution in [-0.4, -0.2) is 45.8 Å². The number of hydrogen-bond donors (Lipinski definition) is 0. The summed E-state index contributed by atoms with van der Waals surface area (Å²) in [4.78, 5) is 0. The van der Waals surface area contributed by atoms with Crippen LogP contribution in [0.3, 0.4) is 0 Å². The van der Waals surface area contributed by atoms with Crippen molar-refractivity contribution in [2.45, 2.75) is 131 Å². The number of rotatable bonds is 13. The minimum Gasteiger partial charge on any atom is -0.544 e. The smallest absolute Gasteiger partial charge is 0.250 e. The number of ether oxygens (including phenoxy) is 3. The minimum absolute atomic E-state index is 0.00931. The molecule has 0 atom stereocenters. The van der Waals surface area contributed by atoms with Crippen molar-refractivity contribution in [3.63, 3.8) is 0 Å². The Bertz CT molecular complexity index is 1720. The van der Waals surface area contributed by atoms with E-state index >= 15 is 0 Å². The fourth-order valence-corrected chi connectivity index (χ4v) is 7.77. The van der Waals surface area contributed by atoms with Crippen LogP contribution in [0.5, 0.6) is 34.5 Å². The molecule has 288 valence electrons. The lowest BCUT2D eigenvalue weighted by Crippen LogP contribution is -2.44. The normalized spacial score (nSPS) is 13.0. The van der Waals surface area contributed by atoms with E-state index in [4.69, 9.17) is 27.5 Å². The zero-order chi connectivity index (χ0) is 39.7. The van der Waals surface area contributed by atoms with E-state index in [0.29, 0.717) is 35.4 Å². The third-order valence-corrected chi connectivity index (χ3v) is 24.3. The van der Waals surface area contributed by atoms with Crippen LogP contribution in [0.1, 0.15) is 76.2 Å². The highest BCUT2D eigenvalue weighted by molar-refractivity contribution is 6.75. The van der Waals surface area contributed by atoms with E-state index in [2.05, 4.69) is 164 Å². The first-order valence-electron chi connectivity index (χ1n) is 18.5. The zero-order valence-electron chi connectivity index (χ0n) is 35.9. The molecule has 0 heterocycles. The average molecular weight is 765 g/mol. The van der Waals surface area contributed by atoms with E-state index in [9.17, 15) is 0 Å². The molecule has 0 amide bonds. The standard InChI is InChI=1S/C43H68O6Si3/c1-30(2)26-27-46-35-25-22-32(28-36(35)48-51(16,17)42(6,7)8)38-37(44-12)29-34(39(45-13)40(38)49-52(18,19)43(9,10)11)31-20-23-33(24-21-31)47-50(14,15)41(3,4)5/h20-26,28-29H,27H2,1-19H3. The summed E-state index contributed by atoms with van der Waals surface area (Å²) in [5.74, 6) is 4.31. The molecule has 0 fully saturated rings. The van der Waals surface area contributed by atoms with E-state index in [0.717, 1.165) is 28.0 Å². The predicted octanol–water partition coefficient (Wildman–Crippen LogP) is 13.5. The van der Waals surface area contributed by atoms with Gasteiger partial charge >= 0.3 is 0 Å². The van der Waals surface area contributed by atoms with Gasteiger partial charge in [-0.15, -0.1) is 0 Å². The van der Waals surface area contributed by atoms with Gasteiger partial charge in [0.25, 0.3) is 16.6 Å². The Kier molecular flexibility index (Phi) is 13.0. The molecule has 9 heteroatoms. The third kappa shape index (κ3) is 9.88. The van der Waals surface area contributed by atoms with Gasteiger partial charge in [-0.2, -0.15) is 0 Å². The van der Waals surface area contributed by atoms with Gasteiger partial charge in [0.1, 0.15) is 23.9 Å². The summed E-state index contributed by atoms with van der Waals surface area (Å²) in [5, 5.41) is 0.0185. The van der Waals surface area contributed by atoms with E-state index < -0.39 is 25.0 Å². The zero-order valence-corrected chi connectivity index (χ0v) is 38.9. The maximum Gasteiger partial charge on any atom is 0.250 e. The highest BCUT2D eigenvalue weighted by Crippen LogP contribution is 2.54. The SMILES string of the molecule is COc1cc(-c2ccc(O[Si](C)(C)C(C)(C)C)cc2)c(OC)c(O[Si](C)(C)C(C)(C)C)c1-c1ccc(OCC=C(C)C)c(O[Si](C)(C)C(C)(C)C)c1. The van der Waals surface area contributed by atoms with Crippen molar-refractivity contribution in [1.29, 1.82) is 0 Å². The summed E-state index contributed by atoms with van der Waals surface area (Å²) in [6.07, 6.45) is 2.08.